The van der Waals surface area contributed by atoms with Gasteiger partial charge in [-0.1, -0.05) is 41.9 Å². The smallest absolute Gasteiger partial charge is 0.277 e. The van der Waals surface area contributed by atoms with Gasteiger partial charge in [-0.3, -0.25) is 14.4 Å². The molecule has 13 nitrogen and oxygen atoms in total. The number of carbonyl (C=O) groups excluding carboxylic acids is 3. The molecule has 2 atom stereocenters. The van der Waals surface area contributed by atoms with Crippen LogP contribution in [0.3, 0.4) is 0 Å². The first-order chi connectivity index (χ1) is 23.2. The first-order valence-corrected chi connectivity index (χ1v) is 17.2. The van der Waals surface area contributed by atoms with E-state index in [1.807, 2.05) is 30.3 Å². The number of aromatic nitrogens is 2. The van der Waals surface area contributed by atoms with E-state index < -0.39 is 39.6 Å². The normalized spacial score (nSPS) is 12.8. The molecule has 3 amide bonds. The van der Waals surface area contributed by atoms with E-state index >= 15 is 0 Å². The first kappa shape index (κ1) is 36.9. The predicted molar refractivity (Wildman–Crippen MR) is 183 cm³/mol. The lowest BCUT2D eigenvalue weighted by Gasteiger charge is -2.32. The molecule has 0 saturated heterocycles. The van der Waals surface area contributed by atoms with Crippen molar-refractivity contribution in [2.24, 2.45) is 0 Å². The van der Waals surface area contributed by atoms with E-state index in [0.29, 0.717) is 11.4 Å². The summed E-state index contributed by atoms with van der Waals surface area (Å²) in [5.74, 6) is -1.27. The van der Waals surface area contributed by atoms with Gasteiger partial charge in [0, 0.05) is 18.6 Å². The summed E-state index contributed by atoms with van der Waals surface area (Å²) in [6.07, 6.45) is 2.34. The highest BCUT2D eigenvalue weighted by Crippen LogP contribution is 2.27. The highest BCUT2D eigenvalue weighted by Gasteiger charge is 2.29. The molecule has 0 aliphatic rings. The van der Waals surface area contributed by atoms with Gasteiger partial charge >= 0.3 is 0 Å². The number of halogens is 1. The molecule has 258 valence electrons. The molecule has 0 spiro atoms. The summed E-state index contributed by atoms with van der Waals surface area (Å²) in [5.41, 5.74) is 0.0401. The number of carbonyl (C=O) groups is 3. The Kier molecular flexibility index (Phi) is 12.4. The standard InChI is InChI=1S/C34H36ClN5O8S/c1-34(2,3)48-33(38-21-41)28(46-19-22-9-6-5-7-10-22)20-47-27-17-24(49(4,44)45)13-14-25(27)31(42)39-26-11-8-16-36-30(26)32(43)40-29-15-12-23(35)18-37-29/h5-18,21,28,33H,19-20H2,1-4H3,(H,38,41)(H,39,42)(H,37,40,43)/t28-,33?/m0/s1. The molecule has 15 heteroatoms. The van der Waals surface area contributed by atoms with Crippen molar-refractivity contribution in [1.82, 2.24) is 15.3 Å². The lowest BCUT2D eigenvalue weighted by Crippen LogP contribution is -2.49. The Morgan fingerprint density at radius 2 is 1.71 bits per heavy atom. The summed E-state index contributed by atoms with van der Waals surface area (Å²) < 4.78 is 43.3. The maximum absolute atomic E-state index is 13.7. The fourth-order valence-electron chi connectivity index (χ4n) is 4.38. The number of amides is 3. The molecule has 0 saturated carbocycles. The lowest BCUT2D eigenvalue weighted by molar-refractivity contribution is -0.157. The topological polar surface area (TPSA) is 175 Å². The molecule has 0 aliphatic carbocycles. The van der Waals surface area contributed by atoms with Gasteiger partial charge in [-0.2, -0.15) is 0 Å². The fourth-order valence-corrected chi connectivity index (χ4v) is 5.13. The maximum atomic E-state index is 13.7. The Labute approximate surface area is 289 Å². The van der Waals surface area contributed by atoms with Crippen LogP contribution >= 0.6 is 11.6 Å². The van der Waals surface area contributed by atoms with Crippen LogP contribution in [0.1, 0.15) is 47.2 Å². The fraction of sp³-hybridized carbons (Fsp3) is 0.265. The Bertz CT molecular complexity index is 1870. The van der Waals surface area contributed by atoms with Crippen molar-refractivity contribution in [3.63, 3.8) is 0 Å². The van der Waals surface area contributed by atoms with Crippen LogP contribution in [0.25, 0.3) is 0 Å². The van der Waals surface area contributed by atoms with Gasteiger partial charge in [-0.15, -0.1) is 0 Å². The first-order valence-electron chi connectivity index (χ1n) is 14.9. The number of hydrogen-bond acceptors (Lipinski definition) is 10. The van der Waals surface area contributed by atoms with Gasteiger partial charge in [-0.05, 0) is 68.8 Å². The number of pyridine rings is 2. The Balaban J connectivity index is 1.62. The van der Waals surface area contributed by atoms with Crippen LogP contribution in [-0.4, -0.2) is 67.4 Å². The molecule has 2 heterocycles. The van der Waals surface area contributed by atoms with Crippen molar-refractivity contribution >= 4 is 51.2 Å². The summed E-state index contributed by atoms with van der Waals surface area (Å²) >= 11 is 5.88. The average molecular weight is 710 g/mol. The molecule has 4 aromatic rings. The SMILES string of the molecule is CC(C)(C)OC(NC=O)[C@H](COc1cc(S(C)(=O)=O)ccc1C(=O)Nc1cccnc1C(=O)Nc1ccc(Cl)cn1)OCc1ccccc1. The van der Waals surface area contributed by atoms with Gasteiger partial charge in [0.1, 0.15) is 24.3 Å². The molecule has 2 aromatic carbocycles. The summed E-state index contributed by atoms with van der Waals surface area (Å²) in [6.45, 7) is 5.28. The van der Waals surface area contributed by atoms with E-state index in [9.17, 15) is 22.8 Å². The van der Waals surface area contributed by atoms with Crippen molar-refractivity contribution in [1.29, 1.82) is 0 Å². The number of nitrogens with zero attached hydrogens (tertiary/aromatic N) is 2. The number of anilines is 2. The number of benzene rings is 2. The zero-order valence-electron chi connectivity index (χ0n) is 27.2. The quantitative estimate of drug-likeness (QED) is 0.114. The van der Waals surface area contributed by atoms with Crippen LogP contribution in [0.5, 0.6) is 5.75 Å². The van der Waals surface area contributed by atoms with Crippen molar-refractivity contribution in [3.05, 3.63) is 107 Å². The van der Waals surface area contributed by atoms with Crippen molar-refractivity contribution < 1.29 is 37.0 Å². The monoisotopic (exact) mass is 709 g/mol. The number of ether oxygens (including phenoxy) is 3. The summed E-state index contributed by atoms with van der Waals surface area (Å²) in [5, 5.41) is 8.26. The Morgan fingerprint density at radius 3 is 2.37 bits per heavy atom. The second-order valence-corrected chi connectivity index (χ2v) is 14.1. The van der Waals surface area contributed by atoms with Gasteiger partial charge < -0.3 is 30.2 Å². The molecule has 2 aromatic heterocycles. The van der Waals surface area contributed by atoms with Crippen LogP contribution < -0.4 is 20.7 Å². The van der Waals surface area contributed by atoms with E-state index in [2.05, 4.69) is 25.9 Å². The highest BCUT2D eigenvalue weighted by atomic mass is 35.5. The second kappa shape index (κ2) is 16.5. The lowest BCUT2D eigenvalue weighted by atomic mass is 10.1. The molecular formula is C34H36ClN5O8S. The Hall–Kier alpha value is -4.89. The van der Waals surface area contributed by atoms with E-state index in [0.717, 1.165) is 11.8 Å². The minimum atomic E-state index is -3.71. The van der Waals surface area contributed by atoms with Gasteiger partial charge in [0.25, 0.3) is 11.8 Å². The van der Waals surface area contributed by atoms with Crippen LogP contribution in [0.2, 0.25) is 5.02 Å². The van der Waals surface area contributed by atoms with E-state index in [-0.39, 0.29) is 46.6 Å². The average Bonchev–Trinajstić information content (AvgIpc) is 3.05. The van der Waals surface area contributed by atoms with Crippen LogP contribution in [0.15, 0.2) is 90.1 Å². The molecule has 0 radical (unpaired) electrons. The molecule has 0 bridgehead atoms. The van der Waals surface area contributed by atoms with E-state index in [4.69, 9.17) is 25.8 Å². The van der Waals surface area contributed by atoms with Gasteiger partial charge in [0.2, 0.25) is 6.41 Å². The van der Waals surface area contributed by atoms with Gasteiger partial charge in [0.15, 0.2) is 21.8 Å². The van der Waals surface area contributed by atoms with Crippen molar-refractivity contribution in [2.45, 2.75) is 50.2 Å². The van der Waals surface area contributed by atoms with E-state index in [1.165, 1.54) is 48.8 Å². The Morgan fingerprint density at radius 1 is 0.959 bits per heavy atom. The minimum Gasteiger partial charge on any atom is -0.490 e. The predicted octanol–water partition coefficient (Wildman–Crippen LogP) is 4.89. The number of rotatable bonds is 15. The third-order valence-corrected chi connectivity index (χ3v) is 7.96. The molecular weight excluding hydrogens is 674 g/mol. The third-order valence-electron chi connectivity index (χ3n) is 6.63. The van der Waals surface area contributed by atoms with Crippen LogP contribution in [0, 0.1) is 0 Å². The number of hydrogen-bond donors (Lipinski definition) is 3. The zero-order chi connectivity index (χ0) is 35.6. The third kappa shape index (κ3) is 11.1. The van der Waals surface area contributed by atoms with Crippen LogP contribution in [0.4, 0.5) is 11.5 Å². The molecule has 0 fully saturated rings. The van der Waals surface area contributed by atoms with Crippen molar-refractivity contribution in [2.75, 3.05) is 23.5 Å². The zero-order valence-corrected chi connectivity index (χ0v) is 28.7. The second-order valence-electron chi connectivity index (χ2n) is 11.7. The maximum Gasteiger partial charge on any atom is 0.277 e. The van der Waals surface area contributed by atoms with E-state index in [1.54, 1.807) is 26.8 Å². The molecule has 49 heavy (non-hydrogen) atoms. The summed E-state index contributed by atoms with van der Waals surface area (Å²) in [6, 6.07) is 19.1. The number of nitrogens with one attached hydrogen (secondary N) is 3. The largest absolute Gasteiger partial charge is 0.490 e. The van der Waals surface area contributed by atoms with Gasteiger partial charge in [0.05, 0.1) is 33.4 Å². The molecule has 0 aliphatic heterocycles. The van der Waals surface area contributed by atoms with Crippen molar-refractivity contribution in [3.8, 4) is 5.75 Å². The van der Waals surface area contributed by atoms with Gasteiger partial charge in [-0.25, -0.2) is 18.4 Å². The molecule has 1 unspecified atom stereocenters. The summed E-state index contributed by atoms with van der Waals surface area (Å²) in [4.78, 5) is 46.4. The molecule has 3 N–H and O–H groups in total. The van der Waals surface area contributed by atoms with Crippen LogP contribution in [-0.2, 0) is 30.7 Å². The number of sulfone groups is 1. The summed E-state index contributed by atoms with van der Waals surface area (Å²) in [7, 11) is -3.71. The highest BCUT2D eigenvalue weighted by molar-refractivity contribution is 7.90. The molecule has 4 rings (SSSR count). The minimum absolute atomic E-state index is 0.0552.